The van der Waals surface area contributed by atoms with Crippen molar-refractivity contribution in [3.63, 3.8) is 0 Å². The smallest absolute Gasteiger partial charge is 0.304 e. The number of rotatable bonds is 4. The molecule has 0 amide bonds. The minimum absolute atomic E-state index is 0.0474. The van der Waals surface area contributed by atoms with E-state index in [2.05, 4.69) is 4.98 Å². The molecule has 0 aliphatic carbocycles. The SMILES string of the molecule is O=C(O)CC1CS(=O)(=O)CCN1Cc1ccncc1Cl. The highest BCUT2D eigenvalue weighted by atomic mass is 35.5. The first-order valence-corrected chi connectivity index (χ1v) is 8.32. The molecule has 1 aromatic heterocycles. The predicted octanol–water partition coefficient (Wildman–Crippen LogP) is 0.809. The highest BCUT2D eigenvalue weighted by Gasteiger charge is 2.32. The Labute approximate surface area is 122 Å². The quantitative estimate of drug-likeness (QED) is 0.884. The van der Waals surface area contributed by atoms with E-state index in [9.17, 15) is 13.2 Å². The summed E-state index contributed by atoms with van der Waals surface area (Å²) in [7, 11) is -3.16. The fraction of sp³-hybridized carbons (Fsp3) is 0.500. The van der Waals surface area contributed by atoms with Crippen molar-refractivity contribution < 1.29 is 18.3 Å². The first-order valence-electron chi connectivity index (χ1n) is 6.12. The number of hydrogen-bond acceptors (Lipinski definition) is 5. The molecule has 1 aliphatic heterocycles. The van der Waals surface area contributed by atoms with E-state index >= 15 is 0 Å². The first kappa shape index (κ1) is 15.2. The molecule has 0 saturated carbocycles. The number of pyridine rings is 1. The molecular formula is C12H15ClN2O4S. The fourth-order valence-corrected chi connectivity index (χ4v) is 4.04. The Bertz CT molecular complexity index is 605. The van der Waals surface area contributed by atoms with E-state index in [0.717, 1.165) is 5.56 Å². The summed E-state index contributed by atoms with van der Waals surface area (Å²) in [5.74, 6) is -1.08. The molecule has 1 unspecified atom stereocenters. The van der Waals surface area contributed by atoms with Gasteiger partial charge in [0.2, 0.25) is 0 Å². The van der Waals surface area contributed by atoms with Gasteiger partial charge in [-0.25, -0.2) is 8.42 Å². The van der Waals surface area contributed by atoms with Crippen molar-refractivity contribution in [1.82, 2.24) is 9.88 Å². The average Bonchev–Trinajstić information content (AvgIpc) is 2.34. The molecular weight excluding hydrogens is 304 g/mol. The summed E-state index contributed by atoms with van der Waals surface area (Å²) in [6.07, 6.45) is 2.93. The van der Waals surface area contributed by atoms with Crippen molar-refractivity contribution in [2.24, 2.45) is 0 Å². The zero-order valence-electron chi connectivity index (χ0n) is 10.7. The Morgan fingerprint density at radius 2 is 2.30 bits per heavy atom. The van der Waals surface area contributed by atoms with Crippen molar-refractivity contribution >= 4 is 27.4 Å². The molecule has 0 radical (unpaired) electrons. The van der Waals surface area contributed by atoms with Gasteiger partial charge in [-0.3, -0.25) is 14.7 Å². The number of aliphatic carboxylic acids is 1. The number of carboxylic acid groups (broad SMARTS) is 1. The van der Waals surface area contributed by atoms with Gasteiger partial charge in [-0.15, -0.1) is 0 Å². The molecule has 0 bridgehead atoms. The van der Waals surface area contributed by atoms with Crippen LogP contribution in [-0.4, -0.2) is 53.5 Å². The predicted molar refractivity (Wildman–Crippen MR) is 74.4 cm³/mol. The molecule has 6 nitrogen and oxygen atoms in total. The van der Waals surface area contributed by atoms with Gasteiger partial charge in [0.25, 0.3) is 0 Å². The molecule has 1 N–H and O–H groups in total. The van der Waals surface area contributed by atoms with Crippen LogP contribution < -0.4 is 0 Å². The maximum absolute atomic E-state index is 11.7. The molecule has 2 rings (SSSR count). The number of nitrogens with zero attached hydrogens (tertiary/aromatic N) is 2. The molecule has 1 atom stereocenters. The van der Waals surface area contributed by atoms with Crippen LogP contribution in [0.3, 0.4) is 0 Å². The maximum atomic E-state index is 11.7. The summed E-state index contributed by atoms with van der Waals surface area (Å²) < 4.78 is 23.3. The van der Waals surface area contributed by atoms with Gasteiger partial charge in [0.15, 0.2) is 9.84 Å². The van der Waals surface area contributed by atoms with Gasteiger partial charge in [0, 0.05) is 31.5 Å². The molecule has 110 valence electrons. The topological polar surface area (TPSA) is 87.6 Å². The molecule has 0 spiro atoms. The number of aromatic nitrogens is 1. The first-order chi connectivity index (χ1) is 9.37. The number of halogens is 1. The lowest BCUT2D eigenvalue weighted by Crippen LogP contribution is -2.48. The van der Waals surface area contributed by atoms with Crippen LogP contribution in [-0.2, 0) is 21.2 Å². The minimum Gasteiger partial charge on any atom is -0.481 e. The van der Waals surface area contributed by atoms with Crippen LogP contribution in [0, 0.1) is 0 Å². The van der Waals surface area contributed by atoms with E-state index in [-0.39, 0.29) is 17.9 Å². The molecule has 1 fully saturated rings. The molecule has 8 heteroatoms. The van der Waals surface area contributed by atoms with Crippen LogP contribution in [0.2, 0.25) is 5.02 Å². The Morgan fingerprint density at radius 3 is 2.95 bits per heavy atom. The maximum Gasteiger partial charge on any atom is 0.304 e. The summed E-state index contributed by atoms with van der Waals surface area (Å²) >= 11 is 6.03. The second-order valence-electron chi connectivity index (χ2n) is 4.80. The second-order valence-corrected chi connectivity index (χ2v) is 7.44. The fourth-order valence-electron chi connectivity index (χ4n) is 2.27. The zero-order chi connectivity index (χ0) is 14.8. The zero-order valence-corrected chi connectivity index (χ0v) is 12.3. The van der Waals surface area contributed by atoms with Crippen molar-refractivity contribution in [3.05, 3.63) is 29.0 Å². The van der Waals surface area contributed by atoms with Gasteiger partial charge in [0.05, 0.1) is 22.9 Å². The third kappa shape index (κ3) is 3.91. The van der Waals surface area contributed by atoms with Gasteiger partial charge in [0.1, 0.15) is 0 Å². The second kappa shape index (κ2) is 6.07. The van der Waals surface area contributed by atoms with Gasteiger partial charge in [-0.1, -0.05) is 11.6 Å². The van der Waals surface area contributed by atoms with Gasteiger partial charge in [-0.05, 0) is 11.6 Å². The Hall–Kier alpha value is -1.18. The molecule has 1 saturated heterocycles. The summed E-state index contributed by atoms with van der Waals surface area (Å²) in [4.78, 5) is 16.6. The molecule has 1 aromatic rings. The van der Waals surface area contributed by atoms with Crippen LogP contribution in [0.25, 0.3) is 0 Å². The minimum atomic E-state index is -3.16. The lowest BCUT2D eigenvalue weighted by molar-refractivity contribution is -0.138. The van der Waals surface area contributed by atoms with Crippen molar-refractivity contribution in [2.75, 3.05) is 18.1 Å². The van der Waals surface area contributed by atoms with E-state index in [1.165, 1.54) is 6.20 Å². The monoisotopic (exact) mass is 318 g/mol. The molecule has 20 heavy (non-hydrogen) atoms. The summed E-state index contributed by atoms with van der Waals surface area (Å²) in [6.45, 7) is 0.744. The largest absolute Gasteiger partial charge is 0.481 e. The van der Waals surface area contributed by atoms with Crippen molar-refractivity contribution in [3.8, 4) is 0 Å². The third-order valence-electron chi connectivity index (χ3n) is 3.29. The average molecular weight is 319 g/mol. The van der Waals surface area contributed by atoms with E-state index in [0.29, 0.717) is 18.1 Å². The van der Waals surface area contributed by atoms with E-state index in [1.54, 1.807) is 12.3 Å². The number of carboxylic acids is 1. The van der Waals surface area contributed by atoms with E-state index < -0.39 is 21.8 Å². The Balaban J connectivity index is 2.16. The highest BCUT2D eigenvalue weighted by molar-refractivity contribution is 7.91. The molecule has 1 aliphatic rings. The van der Waals surface area contributed by atoms with Crippen LogP contribution >= 0.6 is 11.6 Å². The summed E-state index contributed by atoms with van der Waals surface area (Å²) in [5, 5.41) is 9.41. The summed E-state index contributed by atoms with van der Waals surface area (Å²) in [5.41, 5.74) is 0.816. The van der Waals surface area contributed by atoms with Crippen LogP contribution in [0.5, 0.6) is 0 Å². The van der Waals surface area contributed by atoms with Gasteiger partial charge >= 0.3 is 5.97 Å². The number of sulfone groups is 1. The van der Waals surface area contributed by atoms with Crippen molar-refractivity contribution in [2.45, 2.75) is 19.0 Å². The van der Waals surface area contributed by atoms with Crippen molar-refractivity contribution in [1.29, 1.82) is 0 Å². The number of carbonyl (C=O) groups is 1. The van der Waals surface area contributed by atoms with Gasteiger partial charge < -0.3 is 5.11 Å². The van der Waals surface area contributed by atoms with E-state index in [1.807, 2.05) is 4.90 Å². The van der Waals surface area contributed by atoms with Crippen LogP contribution in [0.15, 0.2) is 18.5 Å². The summed E-state index contributed by atoms with van der Waals surface area (Å²) in [6, 6.07) is 1.24. The Morgan fingerprint density at radius 1 is 1.55 bits per heavy atom. The highest BCUT2D eigenvalue weighted by Crippen LogP contribution is 2.21. The normalized spacial score (nSPS) is 22.6. The van der Waals surface area contributed by atoms with Crippen LogP contribution in [0.1, 0.15) is 12.0 Å². The van der Waals surface area contributed by atoms with E-state index in [4.69, 9.17) is 16.7 Å². The van der Waals surface area contributed by atoms with Crippen LogP contribution in [0.4, 0.5) is 0 Å². The third-order valence-corrected chi connectivity index (χ3v) is 5.33. The lowest BCUT2D eigenvalue weighted by Gasteiger charge is -2.34. The van der Waals surface area contributed by atoms with Gasteiger partial charge in [-0.2, -0.15) is 0 Å². The number of hydrogen-bond donors (Lipinski definition) is 1. The molecule has 0 aromatic carbocycles. The molecule has 2 heterocycles. The standard InChI is InChI=1S/C12H15ClN2O4S/c13-11-6-14-2-1-9(11)7-15-3-4-20(18,19)8-10(15)5-12(16)17/h1-2,6,10H,3-5,7-8H2,(H,16,17). The lowest BCUT2D eigenvalue weighted by atomic mass is 10.1. The Kier molecular flexibility index (Phi) is 4.62.